The average molecular weight is 262 g/mol. The molecule has 0 radical (unpaired) electrons. The fourth-order valence-corrected chi connectivity index (χ4v) is 2.17. The van der Waals surface area contributed by atoms with Crippen LogP contribution in [0.4, 0.5) is 5.69 Å². The normalized spacial score (nSPS) is 11.9. The average Bonchev–Trinajstić information content (AvgIpc) is 2.33. The van der Waals surface area contributed by atoms with Crippen molar-refractivity contribution in [1.29, 1.82) is 0 Å². The van der Waals surface area contributed by atoms with Crippen molar-refractivity contribution in [3.8, 4) is 0 Å². The molecule has 0 spiro atoms. The Bertz CT molecular complexity index is 377. The first-order valence-corrected chi connectivity index (χ1v) is 7.41. The molecule has 1 N–H and O–H groups in total. The largest absolute Gasteiger partial charge is 0.371 e. The number of nitrogens with zero attached hydrogens (tertiary/aromatic N) is 1. The highest BCUT2D eigenvalue weighted by Gasteiger charge is 2.13. The number of nitrogens with one attached hydrogen (secondary N) is 1. The lowest BCUT2D eigenvalue weighted by Crippen LogP contribution is -2.36. The standard InChI is InChI=1S/C17H30N2/c1-7-19(13-14(2)3)16-11-9-8-10-15(16)12-18-17(4,5)6/h8-11,14,18H,7,12-13H2,1-6H3. The Morgan fingerprint density at radius 3 is 2.32 bits per heavy atom. The topological polar surface area (TPSA) is 15.3 Å². The summed E-state index contributed by atoms with van der Waals surface area (Å²) in [5.74, 6) is 0.684. The predicted octanol–water partition coefficient (Wildman–Crippen LogP) is 4.06. The third-order valence-corrected chi connectivity index (χ3v) is 3.11. The van der Waals surface area contributed by atoms with Crippen LogP contribution in [0.2, 0.25) is 0 Å². The molecule has 0 heterocycles. The molecule has 0 saturated carbocycles. The Morgan fingerprint density at radius 1 is 1.16 bits per heavy atom. The maximum absolute atomic E-state index is 3.58. The maximum atomic E-state index is 3.58. The molecule has 0 aliphatic rings. The minimum atomic E-state index is 0.155. The van der Waals surface area contributed by atoms with E-state index in [2.05, 4.69) is 76.0 Å². The van der Waals surface area contributed by atoms with Gasteiger partial charge < -0.3 is 10.2 Å². The zero-order valence-electron chi connectivity index (χ0n) is 13.5. The summed E-state index contributed by atoms with van der Waals surface area (Å²) in [6.45, 7) is 16.5. The Balaban J connectivity index is 2.87. The second-order valence-corrected chi connectivity index (χ2v) is 6.66. The van der Waals surface area contributed by atoms with E-state index in [0.29, 0.717) is 5.92 Å². The smallest absolute Gasteiger partial charge is 0.0411 e. The van der Waals surface area contributed by atoms with E-state index in [1.54, 1.807) is 0 Å². The molecule has 0 aliphatic carbocycles. The molecule has 0 fully saturated rings. The van der Waals surface area contributed by atoms with Gasteiger partial charge in [-0.1, -0.05) is 32.0 Å². The van der Waals surface area contributed by atoms with Crippen molar-refractivity contribution in [2.75, 3.05) is 18.0 Å². The van der Waals surface area contributed by atoms with Crippen LogP contribution in [0.3, 0.4) is 0 Å². The van der Waals surface area contributed by atoms with Crippen molar-refractivity contribution in [2.24, 2.45) is 5.92 Å². The minimum absolute atomic E-state index is 0.155. The highest BCUT2D eigenvalue weighted by molar-refractivity contribution is 5.53. The molecule has 1 rings (SSSR count). The molecule has 0 aliphatic heterocycles. The Labute approximate surface area is 119 Å². The second-order valence-electron chi connectivity index (χ2n) is 6.66. The molecule has 108 valence electrons. The predicted molar refractivity (Wildman–Crippen MR) is 85.8 cm³/mol. The first-order valence-electron chi connectivity index (χ1n) is 7.41. The number of hydrogen-bond acceptors (Lipinski definition) is 2. The van der Waals surface area contributed by atoms with Crippen LogP contribution >= 0.6 is 0 Å². The van der Waals surface area contributed by atoms with E-state index >= 15 is 0 Å². The zero-order valence-corrected chi connectivity index (χ0v) is 13.5. The molecule has 0 aromatic heterocycles. The van der Waals surface area contributed by atoms with Crippen LogP contribution in [0.5, 0.6) is 0 Å². The van der Waals surface area contributed by atoms with Gasteiger partial charge in [0.25, 0.3) is 0 Å². The molecular formula is C17H30N2. The molecule has 0 atom stereocenters. The molecular weight excluding hydrogens is 232 g/mol. The summed E-state index contributed by atoms with van der Waals surface area (Å²) in [5, 5.41) is 3.58. The van der Waals surface area contributed by atoms with Gasteiger partial charge in [-0.05, 0) is 45.2 Å². The van der Waals surface area contributed by atoms with Crippen molar-refractivity contribution >= 4 is 5.69 Å². The van der Waals surface area contributed by atoms with Gasteiger partial charge in [-0.25, -0.2) is 0 Å². The maximum Gasteiger partial charge on any atom is 0.0411 e. The zero-order chi connectivity index (χ0) is 14.5. The summed E-state index contributed by atoms with van der Waals surface area (Å²) in [6, 6.07) is 8.74. The van der Waals surface area contributed by atoms with Gasteiger partial charge in [-0.3, -0.25) is 0 Å². The van der Waals surface area contributed by atoms with E-state index in [0.717, 1.165) is 19.6 Å². The Hall–Kier alpha value is -1.02. The van der Waals surface area contributed by atoms with Gasteiger partial charge >= 0.3 is 0 Å². The fourth-order valence-electron chi connectivity index (χ4n) is 2.17. The van der Waals surface area contributed by atoms with Crippen molar-refractivity contribution < 1.29 is 0 Å². The van der Waals surface area contributed by atoms with Crippen molar-refractivity contribution in [3.05, 3.63) is 29.8 Å². The van der Waals surface area contributed by atoms with Gasteiger partial charge in [-0.2, -0.15) is 0 Å². The third-order valence-electron chi connectivity index (χ3n) is 3.11. The molecule has 0 unspecified atom stereocenters. The number of para-hydroxylation sites is 1. The lowest BCUT2D eigenvalue weighted by molar-refractivity contribution is 0.424. The molecule has 0 amide bonds. The van der Waals surface area contributed by atoms with Crippen LogP contribution in [0.1, 0.15) is 47.1 Å². The highest BCUT2D eigenvalue weighted by atomic mass is 15.1. The van der Waals surface area contributed by atoms with Crippen LogP contribution in [0.25, 0.3) is 0 Å². The highest BCUT2D eigenvalue weighted by Crippen LogP contribution is 2.22. The van der Waals surface area contributed by atoms with E-state index < -0.39 is 0 Å². The van der Waals surface area contributed by atoms with Gasteiger partial charge in [0.1, 0.15) is 0 Å². The van der Waals surface area contributed by atoms with Crippen LogP contribution in [0, 0.1) is 5.92 Å². The fraction of sp³-hybridized carbons (Fsp3) is 0.647. The Morgan fingerprint density at radius 2 is 1.79 bits per heavy atom. The molecule has 19 heavy (non-hydrogen) atoms. The Kier molecular flexibility index (Phi) is 5.86. The summed E-state index contributed by atoms with van der Waals surface area (Å²) in [7, 11) is 0. The SMILES string of the molecule is CCN(CC(C)C)c1ccccc1CNC(C)(C)C. The van der Waals surface area contributed by atoms with Gasteiger partial charge in [0.2, 0.25) is 0 Å². The molecule has 0 saturated heterocycles. The monoisotopic (exact) mass is 262 g/mol. The van der Waals surface area contributed by atoms with Crippen LogP contribution in [-0.4, -0.2) is 18.6 Å². The molecule has 1 aromatic carbocycles. The van der Waals surface area contributed by atoms with E-state index in [9.17, 15) is 0 Å². The first-order chi connectivity index (χ1) is 8.83. The summed E-state index contributed by atoms with van der Waals surface area (Å²) in [4.78, 5) is 2.48. The van der Waals surface area contributed by atoms with Gasteiger partial charge in [-0.15, -0.1) is 0 Å². The van der Waals surface area contributed by atoms with Crippen LogP contribution < -0.4 is 10.2 Å². The number of benzene rings is 1. The van der Waals surface area contributed by atoms with Crippen LogP contribution in [0.15, 0.2) is 24.3 Å². The van der Waals surface area contributed by atoms with Crippen molar-refractivity contribution in [1.82, 2.24) is 5.32 Å². The molecule has 2 heteroatoms. The number of hydrogen-bond donors (Lipinski definition) is 1. The van der Waals surface area contributed by atoms with Crippen LogP contribution in [-0.2, 0) is 6.54 Å². The quantitative estimate of drug-likeness (QED) is 0.832. The first kappa shape index (κ1) is 16.0. The molecule has 2 nitrogen and oxygen atoms in total. The summed E-state index contributed by atoms with van der Waals surface area (Å²) in [5.41, 5.74) is 2.91. The lowest BCUT2D eigenvalue weighted by atomic mass is 10.1. The molecule has 1 aromatic rings. The van der Waals surface area contributed by atoms with E-state index in [-0.39, 0.29) is 5.54 Å². The number of rotatable bonds is 6. The van der Waals surface area contributed by atoms with Gasteiger partial charge in [0.05, 0.1) is 0 Å². The summed E-state index contributed by atoms with van der Waals surface area (Å²) in [6.07, 6.45) is 0. The van der Waals surface area contributed by atoms with Gasteiger partial charge in [0.15, 0.2) is 0 Å². The van der Waals surface area contributed by atoms with E-state index in [4.69, 9.17) is 0 Å². The lowest BCUT2D eigenvalue weighted by Gasteiger charge is -2.29. The number of anilines is 1. The summed E-state index contributed by atoms with van der Waals surface area (Å²) >= 11 is 0. The summed E-state index contributed by atoms with van der Waals surface area (Å²) < 4.78 is 0. The van der Waals surface area contributed by atoms with Crippen molar-refractivity contribution in [2.45, 2.75) is 53.6 Å². The van der Waals surface area contributed by atoms with Gasteiger partial charge in [0, 0.05) is 30.9 Å². The van der Waals surface area contributed by atoms with E-state index in [1.807, 2.05) is 0 Å². The molecule has 0 bridgehead atoms. The minimum Gasteiger partial charge on any atom is -0.371 e. The van der Waals surface area contributed by atoms with E-state index in [1.165, 1.54) is 11.3 Å². The van der Waals surface area contributed by atoms with Crippen molar-refractivity contribution in [3.63, 3.8) is 0 Å². The third kappa shape index (κ3) is 5.65. The second kappa shape index (κ2) is 6.95.